The van der Waals surface area contributed by atoms with E-state index in [2.05, 4.69) is 20.7 Å². The predicted octanol–water partition coefficient (Wildman–Crippen LogP) is 2.59. The van der Waals surface area contributed by atoms with Crippen LogP contribution < -0.4 is 5.43 Å². The number of phenolic OH excluding ortho intramolecular Hbond substituents is 2. The number of phenols is 2. The molecule has 13 heteroatoms. The maximum absolute atomic E-state index is 10.8. The van der Waals surface area contributed by atoms with Crippen molar-refractivity contribution in [1.82, 2.24) is 5.43 Å². The minimum absolute atomic E-state index is 0.105. The van der Waals surface area contributed by atoms with Crippen LogP contribution >= 0.6 is 11.8 Å². The van der Waals surface area contributed by atoms with E-state index in [1.807, 2.05) is 0 Å². The zero-order valence-electron chi connectivity index (χ0n) is 14.8. The first-order chi connectivity index (χ1) is 13.8. The van der Waals surface area contributed by atoms with Gasteiger partial charge in [-0.1, -0.05) is 11.8 Å². The number of hydrazone groups is 1. The van der Waals surface area contributed by atoms with Crippen LogP contribution in [0.5, 0.6) is 11.5 Å². The van der Waals surface area contributed by atoms with Crippen LogP contribution in [0.25, 0.3) is 0 Å². The zero-order valence-corrected chi connectivity index (χ0v) is 15.6. The van der Waals surface area contributed by atoms with Gasteiger partial charge in [-0.15, -0.1) is 5.10 Å². The van der Waals surface area contributed by atoms with Gasteiger partial charge in [-0.25, -0.2) is 0 Å². The summed E-state index contributed by atoms with van der Waals surface area (Å²) < 4.78 is 0. The van der Waals surface area contributed by atoms with Gasteiger partial charge in [-0.3, -0.25) is 25.7 Å². The SMILES string of the molecule is CS/C(=N\N=C/c1cc([N+](=O)[O-])ccc1O)N/N=C\c1cc([N+](=O)[O-])ccc1O. The predicted molar refractivity (Wildman–Crippen MR) is 109 cm³/mol. The Morgan fingerprint density at radius 2 is 1.52 bits per heavy atom. The molecule has 0 saturated heterocycles. The van der Waals surface area contributed by atoms with E-state index in [4.69, 9.17) is 0 Å². The molecule has 0 unspecified atom stereocenters. The number of benzene rings is 2. The van der Waals surface area contributed by atoms with Crippen molar-refractivity contribution in [2.45, 2.75) is 0 Å². The van der Waals surface area contributed by atoms with Crippen molar-refractivity contribution in [1.29, 1.82) is 0 Å². The summed E-state index contributed by atoms with van der Waals surface area (Å²) in [6.45, 7) is 0. The topological polar surface area (TPSA) is 176 Å². The minimum Gasteiger partial charge on any atom is -0.507 e. The van der Waals surface area contributed by atoms with Gasteiger partial charge in [-0.05, 0) is 18.4 Å². The second-order valence-corrected chi connectivity index (χ2v) is 6.02. The number of aromatic hydroxyl groups is 2. The van der Waals surface area contributed by atoms with Crippen LogP contribution in [0.3, 0.4) is 0 Å². The van der Waals surface area contributed by atoms with E-state index in [1.54, 1.807) is 6.26 Å². The third kappa shape index (κ3) is 6.00. The molecule has 0 amide bonds. The number of hydrogen-bond donors (Lipinski definition) is 3. The van der Waals surface area contributed by atoms with Crippen LogP contribution in [0.1, 0.15) is 11.1 Å². The normalized spacial score (nSPS) is 11.8. The largest absolute Gasteiger partial charge is 0.507 e. The first kappa shape index (κ1) is 21.3. The summed E-state index contributed by atoms with van der Waals surface area (Å²) in [5, 5.41) is 52.6. The Bertz CT molecular complexity index is 1020. The molecular formula is C16H14N6O6S. The van der Waals surface area contributed by atoms with E-state index in [9.17, 15) is 30.4 Å². The highest BCUT2D eigenvalue weighted by molar-refractivity contribution is 8.13. The summed E-state index contributed by atoms with van der Waals surface area (Å²) in [6, 6.07) is 6.96. The molecule has 0 aliphatic rings. The number of nitro groups is 2. The van der Waals surface area contributed by atoms with Gasteiger partial charge >= 0.3 is 0 Å². The number of nitrogens with one attached hydrogen (secondary N) is 1. The molecular weight excluding hydrogens is 404 g/mol. The monoisotopic (exact) mass is 418 g/mol. The third-order valence-corrected chi connectivity index (χ3v) is 3.91. The Kier molecular flexibility index (Phi) is 7.20. The van der Waals surface area contributed by atoms with Gasteiger partial charge in [0, 0.05) is 35.4 Å². The number of non-ortho nitro benzene ring substituents is 2. The fraction of sp³-hybridized carbons (Fsp3) is 0.0625. The Morgan fingerprint density at radius 1 is 1.00 bits per heavy atom. The van der Waals surface area contributed by atoms with Crippen LogP contribution in [0.15, 0.2) is 51.7 Å². The molecule has 0 aromatic heterocycles. The Morgan fingerprint density at radius 3 is 2.00 bits per heavy atom. The molecule has 2 aromatic carbocycles. The molecule has 0 bridgehead atoms. The maximum atomic E-state index is 10.8. The lowest BCUT2D eigenvalue weighted by molar-refractivity contribution is -0.385. The van der Waals surface area contributed by atoms with Crippen LogP contribution in [0.4, 0.5) is 11.4 Å². The first-order valence-corrected chi connectivity index (χ1v) is 8.93. The number of nitro benzene ring substituents is 2. The molecule has 2 aromatic rings. The average Bonchev–Trinajstić information content (AvgIpc) is 2.69. The summed E-state index contributed by atoms with van der Waals surface area (Å²) in [6.07, 6.45) is 3.98. The number of rotatable bonds is 6. The molecule has 0 spiro atoms. The molecule has 0 radical (unpaired) electrons. The molecule has 0 saturated carbocycles. The van der Waals surface area contributed by atoms with Gasteiger partial charge in [0.1, 0.15) is 11.5 Å². The molecule has 0 aliphatic carbocycles. The van der Waals surface area contributed by atoms with E-state index < -0.39 is 9.85 Å². The van der Waals surface area contributed by atoms with Crippen molar-refractivity contribution in [3.63, 3.8) is 0 Å². The van der Waals surface area contributed by atoms with E-state index in [-0.39, 0.29) is 39.2 Å². The van der Waals surface area contributed by atoms with Gasteiger partial charge in [0.05, 0.1) is 22.3 Å². The highest BCUT2D eigenvalue weighted by Gasteiger charge is 2.09. The standard InChI is InChI=1S/C16H14N6O6S/c1-29-16(19-17-8-10-6-12(21(25)26)2-4-14(10)23)20-18-9-11-7-13(22(27)28)3-5-15(11)24/h2-9,23-24H,1H3,(H,19,20)/b17-8-,18-9-. The van der Waals surface area contributed by atoms with Crippen molar-refractivity contribution in [3.05, 3.63) is 67.8 Å². The van der Waals surface area contributed by atoms with Gasteiger partial charge in [0.2, 0.25) is 5.17 Å². The lowest BCUT2D eigenvalue weighted by Gasteiger charge is -2.01. The van der Waals surface area contributed by atoms with E-state index >= 15 is 0 Å². The van der Waals surface area contributed by atoms with E-state index in [0.717, 1.165) is 42.2 Å². The molecule has 0 fully saturated rings. The number of hydrogen-bond acceptors (Lipinski definition) is 10. The quantitative estimate of drug-likeness (QED) is 0.277. The smallest absolute Gasteiger partial charge is 0.270 e. The Hall–Kier alpha value is -4.00. The summed E-state index contributed by atoms with van der Waals surface area (Å²) in [7, 11) is 0. The minimum atomic E-state index is -0.604. The van der Waals surface area contributed by atoms with Crippen LogP contribution in [0, 0.1) is 20.2 Å². The summed E-state index contributed by atoms with van der Waals surface area (Å²) >= 11 is 1.13. The van der Waals surface area contributed by atoms with Crippen molar-refractivity contribution in [2.24, 2.45) is 15.3 Å². The molecule has 29 heavy (non-hydrogen) atoms. The van der Waals surface area contributed by atoms with Gasteiger partial charge in [0.15, 0.2) is 0 Å². The fourth-order valence-corrected chi connectivity index (χ4v) is 2.20. The molecule has 0 aliphatic heterocycles. The second kappa shape index (κ2) is 9.80. The molecule has 0 atom stereocenters. The fourth-order valence-electron chi connectivity index (χ4n) is 1.93. The highest BCUT2D eigenvalue weighted by Crippen LogP contribution is 2.22. The van der Waals surface area contributed by atoms with Crippen LogP contribution in [-0.4, -0.2) is 43.9 Å². The Balaban J connectivity index is 2.12. The van der Waals surface area contributed by atoms with Crippen molar-refractivity contribution >= 4 is 40.7 Å². The molecule has 2 rings (SSSR count). The van der Waals surface area contributed by atoms with Crippen LogP contribution in [0.2, 0.25) is 0 Å². The molecule has 150 valence electrons. The van der Waals surface area contributed by atoms with Crippen molar-refractivity contribution in [2.75, 3.05) is 6.26 Å². The zero-order chi connectivity index (χ0) is 21.4. The number of amidine groups is 1. The number of thioether (sulfide) groups is 1. The van der Waals surface area contributed by atoms with Gasteiger partial charge in [0.25, 0.3) is 11.4 Å². The van der Waals surface area contributed by atoms with Gasteiger partial charge in [-0.2, -0.15) is 10.2 Å². The third-order valence-electron chi connectivity index (χ3n) is 3.35. The second-order valence-electron chi connectivity index (χ2n) is 5.22. The maximum Gasteiger partial charge on any atom is 0.270 e. The highest BCUT2D eigenvalue weighted by atomic mass is 32.2. The summed E-state index contributed by atoms with van der Waals surface area (Å²) in [5.41, 5.74) is 2.35. The summed E-state index contributed by atoms with van der Waals surface area (Å²) in [5.74, 6) is -0.393. The lowest BCUT2D eigenvalue weighted by atomic mass is 10.2. The van der Waals surface area contributed by atoms with Crippen LogP contribution in [-0.2, 0) is 0 Å². The van der Waals surface area contributed by atoms with Gasteiger partial charge < -0.3 is 10.2 Å². The average molecular weight is 418 g/mol. The lowest BCUT2D eigenvalue weighted by Crippen LogP contribution is -2.13. The summed E-state index contributed by atoms with van der Waals surface area (Å²) in [4.78, 5) is 20.4. The van der Waals surface area contributed by atoms with E-state index in [1.165, 1.54) is 18.3 Å². The van der Waals surface area contributed by atoms with E-state index in [0.29, 0.717) is 0 Å². The molecule has 3 N–H and O–H groups in total. The first-order valence-electron chi connectivity index (χ1n) is 7.70. The molecule has 0 heterocycles. The molecule has 12 nitrogen and oxygen atoms in total. The number of nitrogens with zero attached hydrogens (tertiary/aromatic N) is 5. The van der Waals surface area contributed by atoms with Crippen molar-refractivity contribution < 1.29 is 20.1 Å². The Labute approximate surface area is 167 Å². The van der Waals surface area contributed by atoms with Crippen molar-refractivity contribution in [3.8, 4) is 11.5 Å².